The van der Waals surface area contributed by atoms with E-state index < -0.39 is 5.54 Å². The second-order valence-electron chi connectivity index (χ2n) is 6.86. The lowest BCUT2D eigenvalue weighted by Crippen LogP contribution is -2.55. The molecule has 3 aliphatic heterocycles. The smallest absolute Gasteiger partial charge is 0.283 e. The summed E-state index contributed by atoms with van der Waals surface area (Å²) in [6.45, 7) is 0.964. The largest absolute Gasteiger partial charge is 0.487 e. The summed E-state index contributed by atoms with van der Waals surface area (Å²) >= 11 is 0. The van der Waals surface area contributed by atoms with Crippen LogP contribution in [0.3, 0.4) is 0 Å². The molecule has 1 saturated heterocycles. The van der Waals surface area contributed by atoms with Crippen molar-refractivity contribution in [3.05, 3.63) is 48.0 Å². The van der Waals surface area contributed by atoms with E-state index in [0.29, 0.717) is 18.8 Å². The van der Waals surface area contributed by atoms with Gasteiger partial charge < -0.3 is 19.9 Å². The standard InChI is InChI=1S/C19H18FN3O3/c20-13-6-12(8-22-9-13)11-3-4-15-14(7-11)19(10-25-18(21)23-19)17-16(26-15)2-1-5-24-17/h3-4,6-9,16-17H,1-2,5,10H2,(H2,21,23)/t16?,17-,19?/m0/s1. The van der Waals surface area contributed by atoms with Crippen LogP contribution in [0.25, 0.3) is 11.1 Å². The quantitative estimate of drug-likeness (QED) is 0.850. The lowest BCUT2D eigenvalue weighted by atomic mass is 9.77. The first-order chi connectivity index (χ1) is 12.7. The van der Waals surface area contributed by atoms with Gasteiger partial charge in [0.05, 0.1) is 6.20 Å². The Balaban J connectivity index is 1.67. The van der Waals surface area contributed by atoms with E-state index in [1.165, 1.54) is 12.3 Å². The number of halogens is 1. The SMILES string of the molecule is NC1=NC2(CO1)c1cc(-c3cncc(F)c3)ccc1OC1CCCO[C@@H]12. The fraction of sp³-hybridized carbons (Fsp3) is 0.368. The minimum atomic E-state index is -0.737. The van der Waals surface area contributed by atoms with Crippen LogP contribution in [0.5, 0.6) is 5.75 Å². The summed E-state index contributed by atoms with van der Waals surface area (Å²) in [5.41, 5.74) is 7.49. The summed E-state index contributed by atoms with van der Waals surface area (Å²) in [5.74, 6) is 0.361. The molecule has 26 heavy (non-hydrogen) atoms. The second kappa shape index (κ2) is 5.67. The molecule has 1 aromatic carbocycles. The predicted octanol–water partition coefficient (Wildman–Crippen LogP) is 2.37. The third-order valence-electron chi connectivity index (χ3n) is 5.25. The van der Waals surface area contributed by atoms with Gasteiger partial charge in [-0.15, -0.1) is 0 Å². The number of rotatable bonds is 1. The minimum absolute atomic E-state index is 0.0869. The van der Waals surface area contributed by atoms with Crippen molar-refractivity contribution in [2.24, 2.45) is 10.7 Å². The molecule has 3 atom stereocenters. The fourth-order valence-electron chi connectivity index (χ4n) is 4.09. The molecule has 4 heterocycles. The van der Waals surface area contributed by atoms with Gasteiger partial charge in [0.15, 0.2) is 5.54 Å². The van der Waals surface area contributed by atoms with Gasteiger partial charge in [-0.05, 0) is 36.6 Å². The molecule has 5 rings (SSSR count). The molecule has 2 unspecified atom stereocenters. The monoisotopic (exact) mass is 355 g/mol. The summed E-state index contributed by atoms with van der Waals surface area (Å²) in [5, 5.41) is 0. The highest BCUT2D eigenvalue weighted by Gasteiger charge is 2.55. The number of aliphatic imine (C=N–C) groups is 1. The first-order valence-corrected chi connectivity index (χ1v) is 8.67. The van der Waals surface area contributed by atoms with Crippen LogP contribution < -0.4 is 10.5 Å². The van der Waals surface area contributed by atoms with Crippen molar-refractivity contribution in [1.29, 1.82) is 0 Å². The molecule has 1 spiro atoms. The highest BCUT2D eigenvalue weighted by molar-refractivity contribution is 5.75. The maximum absolute atomic E-state index is 13.6. The molecule has 0 bridgehead atoms. The molecular formula is C19H18FN3O3. The first kappa shape index (κ1) is 15.6. The number of pyridine rings is 1. The van der Waals surface area contributed by atoms with Crippen LogP contribution in [-0.2, 0) is 15.0 Å². The minimum Gasteiger partial charge on any atom is -0.487 e. The van der Waals surface area contributed by atoms with Gasteiger partial charge in [0, 0.05) is 23.9 Å². The molecule has 1 fully saturated rings. The molecule has 6 nitrogen and oxygen atoms in total. The summed E-state index contributed by atoms with van der Waals surface area (Å²) < 4.78 is 31.4. The van der Waals surface area contributed by atoms with Crippen molar-refractivity contribution in [2.75, 3.05) is 13.2 Å². The molecule has 7 heteroatoms. The molecule has 0 radical (unpaired) electrons. The molecule has 134 valence electrons. The molecule has 1 aromatic heterocycles. The van der Waals surface area contributed by atoms with Crippen LogP contribution in [0.15, 0.2) is 41.7 Å². The van der Waals surface area contributed by atoms with Crippen molar-refractivity contribution in [1.82, 2.24) is 4.98 Å². The molecule has 0 aliphatic carbocycles. The van der Waals surface area contributed by atoms with E-state index in [1.807, 2.05) is 18.2 Å². The van der Waals surface area contributed by atoms with Crippen molar-refractivity contribution >= 4 is 6.02 Å². The molecule has 0 amide bonds. The Kier molecular flexibility index (Phi) is 3.40. The maximum Gasteiger partial charge on any atom is 0.283 e. The Bertz CT molecular complexity index is 903. The van der Waals surface area contributed by atoms with E-state index in [2.05, 4.69) is 9.98 Å². The van der Waals surface area contributed by atoms with E-state index in [0.717, 1.165) is 29.7 Å². The third kappa shape index (κ3) is 2.27. The van der Waals surface area contributed by atoms with Gasteiger partial charge in [-0.2, -0.15) is 0 Å². The highest BCUT2D eigenvalue weighted by atomic mass is 19.1. The Hall–Kier alpha value is -2.67. The molecular weight excluding hydrogens is 337 g/mol. The number of nitrogens with zero attached hydrogens (tertiary/aromatic N) is 2. The van der Waals surface area contributed by atoms with Gasteiger partial charge in [-0.25, -0.2) is 9.38 Å². The third-order valence-corrected chi connectivity index (χ3v) is 5.25. The summed E-state index contributed by atoms with van der Waals surface area (Å²) in [7, 11) is 0. The Morgan fingerprint density at radius 3 is 2.92 bits per heavy atom. The molecule has 3 aliphatic rings. The summed E-state index contributed by atoms with van der Waals surface area (Å²) in [6.07, 6.45) is 4.31. The van der Waals surface area contributed by atoms with Gasteiger partial charge in [-0.3, -0.25) is 4.98 Å². The summed E-state index contributed by atoms with van der Waals surface area (Å²) in [6, 6.07) is 7.35. The van der Waals surface area contributed by atoms with Crippen molar-refractivity contribution in [3.63, 3.8) is 0 Å². The molecule has 0 saturated carbocycles. The zero-order valence-corrected chi connectivity index (χ0v) is 14.0. The maximum atomic E-state index is 13.6. The van der Waals surface area contributed by atoms with E-state index in [4.69, 9.17) is 19.9 Å². The highest BCUT2D eigenvalue weighted by Crippen LogP contribution is 2.49. The Morgan fingerprint density at radius 2 is 2.12 bits per heavy atom. The Labute approximate surface area is 149 Å². The number of benzene rings is 1. The average Bonchev–Trinajstić information content (AvgIpc) is 3.04. The van der Waals surface area contributed by atoms with Crippen LogP contribution in [0.1, 0.15) is 18.4 Å². The number of hydrogen-bond donors (Lipinski definition) is 1. The lowest BCUT2D eigenvalue weighted by molar-refractivity contribution is -0.117. The van der Waals surface area contributed by atoms with Crippen LogP contribution in [0.2, 0.25) is 0 Å². The van der Waals surface area contributed by atoms with Crippen LogP contribution in [0, 0.1) is 5.82 Å². The molecule has 2 N–H and O–H groups in total. The number of fused-ring (bicyclic) bond motifs is 4. The van der Waals surface area contributed by atoms with Gasteiger partial charge in [0.2, 0.25) is 0 Å². The van der Waals surface area contributed by atoms with Gasteiger partial charge in [0.25, 0.3) is 6.02 Å². The van der Waals surface area contributed by atoms with Crippen LogP contribution >= 0.6 is 0 Å². The first-order valence-electron chi connectivity index (χ1n) is 8.67. The van der Waals surface area contributed by atoms with E-state index in [-0.39, 0.29) is 24.0 Å². The number of ether oxygens (including phenoxy) is 3. The second-order valence-corrected chi connectivity index (χ2v) is 6.86. The van der Waals surface area contributed by atoms with Gasteiger partial charge >= 0.3 is 0 Å². The van der Waals surface area contributed by atoms with Crippen molar-refractivity contribution in [2.45, 2.75) is 30.6 Å². The van der Waals surface area contributed by atoms with Crippen molar-refractivity contribution < 1.29 is 18.6 Å². The van der Waals surface area contributed by atoms with Crippen LogP contribution in [-0.4, -0.2) is 36.4 Å². The number of aromatic nitrogens is 1. The van der Waals surface area contributed by atoms with E-state index in [9.17, 15) is 4.39 Å². The van der Waals surface area contributed by atoms with Crippen LogP contribution in [0.4, 0.5) is 4.39 Å². The normalized spacial score (nSPS) is 29.3. The average molecular weight is 355 g/mol. The topological polar surface area (TPSA) is 79.0 Å². The lowest BCUT2D eigenvalue weighted by Gasteiger charge is -2.45. The predicted molar refractivity (Wildman–Crippen MR) is 92.3 cm³/mol. The van der Waals surface area contributed by atoms with Crippen molar-refractivity contribution in [3.8, 4) is 16.9 Å². The number of amidine groups is 1. The number of hydrogen-bond acceptors (Lipinski definition) is 6. The Morgan fingerprint density at radius 1 is 1.19 bits per heavy atom. The summed E-state index contributed by atoms with van der Waals surface area (Å²) in [4.78, 5) is 8.57. The van der Waals surface area contributed by atoms with Gasteiger partial charge in [-0.1, -0.05) is 6.07 Å². The van der Waals surface area contributed by atoms with Gasteiger partial charge in [0.1, 0.15) is 30.4 Å². The van der Waals surface area contributed by atoms with E-state index in [1.54, 1.807) is 6.20 Å². The molecule has 2 aromatic rings. The fourth-order valence-corrected chi connectivity index (χ4v) is 4.09. The van der Waals surface area contributed by atoms with E-state index >= 15 is 0 Å². The zero-order valence-electron chi connectivity index (χ0n) is 14.0. The number of nitrogens with two attached hydrogens (primary N) is 1. The zero-order chi connectivity index (χ0) is 17.7.